The number of anilines is 1. The molecule has 2 amide bonds. The number of rotatable bonds is 6. The van der Waals surface area contributed by atoms with Crippen molar-refractivity contribution in [3.63, 3.8) is 0 Å². The van der Waals surface area contributed by atoms with Crippen molar-refractivity contribution < 1.29 is 14.3 Å². The molecule has 130 valence electrons. The van der Waals surface area contributed by atoms with Crippen LogP contribution in [-0.2, 0) is 11.3 Å². The number of benzene rings is 2. The second kappa shape index (κ2) is 7.83. The average Bonchev–Trinajstić information content (AvgIpc) is 3.06. The molecule has 2 aromatic rings. The fourth-order valence-electron chi connectivity index (χ4n) is 2.93. The minimum Gasteiger partial charge on any atom is -0.494 e. The van der Waals surface area contributed by atoms with Gasteiger partial charge in [0.15, 0.2) is 0 Å². The molecular formula is C20H22N2O3. The summed E-state index contributed by atoms with van der Waals surface area (Å²) in [5.74, 6) is 0.754. The van der Waals surface area contributed by atoms with E-state index in [-0.39, 0.29) is 11.8 Å². The maximum Gasteiger partial charge on any atom is 0.251 e. The fourth-order valence-corrected chi connectivity index (χ4v) is 2.93. The third-order valence-electron chi connectivity index (χ3n) is 4.16. The molecule has 1 saturated heterocycles. The minimum absolute atomic E-state index is 0.116. The normalized spacial score (nSPS) is 13.8. The van der Waals surface area contributed by atoms with Gasteiger partial charge in [0, 0.05) is 30.8 Å². The SMILES string of the molecule is CCOc1cccc(CNC(=O)c2cccc(N3CCCC3=O)c2)c1. The van der Waals surface area contributed by atoms with Crippen LogP contribution in [0.25, 0.3) is 0 Å². The highest BCUT2D eigenvalue weighted by molar-refractivity contribution is 5.99. The first kappa shape index (κ1) is 17.0. The summed E-state index contributed by atoms with van der Waals surface area (Å²) in [4.78, 5) is 26.0. The molecule has 0 unspecified atom stereocenters. The molecule has 0 spiro atoms. The van der Waals surface area contributed by atoms with Crippen LogP contribution in [0.5, 0.6) is 5.75 Å². The number of nitrogens with zero attached hydrogens (tertiary/aromatic N) is 1. The molecule has 0 bridgehead atoms. The zero-order chi connectivity index (χ0) is 17.6. The van der Waals surface area contributed by atoms with Crippen LogP contribution in [0.1, 0.15) is 35.7 Å². The van der Waals surface area contributed by atoms with Gasteiger partial charge < -0.3 is 15.0 Å². The zero-order valence-electron chi connectivity index (χ0n) is 14.3. The first-order chi connectivity index (χ1) is 12.2. The van der Waals surface area contributed by atoms with Crippen molar-refractivity contribution in [2.75, 3.05) is 18.1 Å². The Kier molecular flexibility index (Phi) is 5.33. The van der Waals surface area contributed by atoms with Gasteiger partial charge in [-0.05, 0) is 49.2 Å². The maximum atomic E-state index is 12.4. The van der Waals surface area contributed by atoms with Crippen LogP contribution in [0.3, 0.4) is 0 Å². The van der Waals surface area contributed by atoms with Gasteiger partial charge in [0.05, 0.1) is 6.61 Å². The Balaban J connectivity index is 1.65. The molecule has 0 aliphatic carbocycles. The third-order valence-corrected chi connectivity index (χ3v) is 4.16. The Bertz CT molecular complexity index is 773. The van der Waals surface area contributed by atoms with Gasteiger partial charge in [-0.25, -0.2) is 0 Å². The van der Waals surface area contributed by atoms with Crippen molar-refractivity contribution in [2.45, 2.75) is 26.3 Å². The van der Waals surface area contributed by atoms with Crippen LogP contribution in [0.2, 0.25) is 0 Å². The molecule has 2 aromatic carbocycles. The molecule has 1 aliphatic rings. The van der Waals surface area contributed by atoms with Crippen molar-refractivity contribution >= 4 is 17.5 Å². The van der Waals surface area contributed by atoms with E-state index in [1.807, 2.05) is 43.3 Å². The molecule has 1 heterocycles. The van der Waals surface area contributed by atoms with Gasteiger partial charge in [0.25, 0.3) is 5.91 Å². The van der Waals surface area contributed by atoms with Gasteiger partial charge in [0.1, 0.15) is 5.75 Å². The van der Waals surface area contributed by atoms with E-state index < -0.39 is 0 Å². The summed E-state index contributed by atoms with van der Waals surface area (Å²) in [6.45, 7) is 3.69. The Morgan fingerprint density at radius 3 is 2.80 bits per heavy atom. The van der Waals surface area contributed by atoms with Crippen LogP contribution in [0, 0.1) is 0 Å². The summed E-state index contributed by atoms with van der Waals surface area (Å²) in [5, 5.41) is 2.92. The van der Waals surface area contributed by atoms with Crippen molar-refractivity contribution in [1.82, 2.24) is 5.32 Å². The molecule has 0 saturated carbocycles. The zero-order valence-corrected chi connectivity index (χ0v) is 14.3. The van der Waals surface area contributed by atoms with Gasteiger partial charge in [-0.2, -0.15) is 0 Å². The molecule has 1 fully saturated rings. The Labute approximate surface area is 147 Å². The van der Waals surface area contributed by atoms with E-state index in [9.17, 15) is 9.59 Å². The average molecular weight is 338 g/mol. The molecular weight excluding hydrogens is 316 g/mol. The van der Waals surface area contributed by atoms with E-state index in [2.05, 4.69) is 5.32 Å². The molecule has 5 heteroatoms. The molecule has 25 heavy (non-hydrogen) atoms. The summed E-state index contributed by atoms with van der Waals surface area (Å²) in [5.41, 5.74) is 2.32. The van der Waals surface area contributed by atoms with Crippen LogP contribution in [0.4, 0.5) is 5.69 Å². The highest BCUT2D eigenvalue weighted by atomic mass is 16.5. The Hall–Kier alpha value is -2.82. The summed E-state index contributed by atoms with van der Waals surface area (Å²) < 4.78 is 5.47. The lowest BCUT2D eigenvalue weighted by Gasteiger charge is -2.16. The standard InChI is InChI=1S/C20H22N2O3/c1-2-25-18-9-3-6-15(12-18)14-21-20(24)16-7-4-8-17(13-16)22-11-5-10-19(22)23/h3-4,6-9,12-13H,2,5,10-11,14H2,1H3,(H,21,24). The largest absolute Gasteiger partial charge is 0.494 e. The lowest BCUT2D eigenvalue weighted by Crippen LogP contribution is -2.25. The predicted molar refractivity (Wildman–Crippen MR) is 96.8 cm³/mol. The highest BCUT2D eigenvalue weighted by Crippen LogP contribution is 2.22. The maximum absolute atomic E-state index is 12.4. The molecule has 1 N–H and O–H groups in total. The molecule has 0 aromatic heterocycles. The molecule has 1 aliphatic heterocycles. The summed E-state index contributed by atoms with van der Waals surface area (Å²) in [6, 6.07) is 14.9. The van der Waals surface area contributed by atoms with Crippen molar-refractivity contribution in [3.8, 4) is 5.75 Å². The monoisotopic (exact) mass is 338 g/mol. The molecule has 5 nitrogen and oxygen atoms in total. The lowest BCUT2D eigenvalue weighted by atomic mass is 10.1. The van der Waals surface area contributed by atoms with Gasteiger partial charge in [-0.3, -0.25) is 9.59 Å². The van der Waals surface area contributed by atoms with Crippen LogP contribution >= 0.6 is 0 Å². The van der Waals surface area contributed by atoms with E-state index in [0.717, 1.165) is 23.4 Å². The minimum atomic E-state index is -0.157. The van der Waals surface area contributed by atoms with Crippen molar-refractivity contribution in [2.24, 2.45) is 0 Å². The first-order valence-corrected chi connectivity index (χ1v) is 8.57. The van der Waals surface area contributed by atoms with Gasteiger partial charge in [0.2, 0.25) is 5.91 Å². The number of carbonyl (C=O) groups excluding carboxylic acids is 2. The van der Waals surface area contributed by atoms with Gasteiger partial charge in [-0.1, -0.05) is 18.2 Å². The smallest absolute Gasteiger partial charge is 0.251 e. The van der Waals surface area contributed by atoms with E-state index in [1.165, 1.54) is 0 Å². The second-order valence-electron chi connectivity index (χ2n) is 5.96. The number of carbonyl (C=O) groups is 2. The van der Waals surface area contributed by atoms with Crippen LogP contribution < -0.4 is 15.0 Å². The summed E-state index contributed by atoms with van der Waals surface area (Å²) >= 11 is 0. The third kappa shape index (κ3) is 4.18. The number of hydrogen-bond donors (Lipinski definition) is 1. The number of ether oxygens (including phenoxy) is 1. The van der Waals surface area contributed by atoms with Crippen LogP contribution in [-0.4, -0.2) is 25.0 Å². The van der Waals surface area contributed by atoms with E-state index >= 15 is 0 Å². The molecule has 3 rings (SSSR count). The number of nitrogens with one attached hydrogen (secondary N) is 1. The molecule has 0 atom stereocenters. The number of amides is 2. The van der Waals surface area contributed by atoms with Crippen molar-refractivity contribution in [1.29, 1.82) is 0 Å². The fraction of sp³-hybridized carbons (Fsp3) is 0.300. The van der Waals surface area contributed by atoms with Crippen LogP contribution in [0.15, 0.2) is 48.5 Å². The number of hydrogen-bond acceptors (Lipinski definition) is 3. The Morgan fingerprint density at radius 1 is 1.20 bits per heavy atom. The van der Waals surface area contributed by atoms with Gasteiger partial charge in [-0.15, -0.1) is 0 Å². The van der Waals surface area contributed by atoms with Gasteiger partial charge >= 0.3 is 0 Å². The highest BCUT2D eigenvalue weighted by Gasteiger charge is 2.22. The summed E-state index contributed by atoms with van der Waals surface area (Å²) in [7, 11) is 0. The van der Waals surface area contributed by atoms with E-state index in [1.54, 1.807) is 17.0 Å². The molecule has 0 radical (unpaired) electrons. The predicted octanol–water partition coefficient (Wildman–Crippen LogP) is 3.14. The second-order valence-corrected chi connectivity index (χ2v) is 5.96. The first-order valence-electron chi connectivity index (χ1n) is 8.57. The lowest BCUT2D eigenvalue weighted by molar-refractivity contribution is -0.117. The van der Waals surface area contributed by atoms with E-state index in [0.29, 0.717) is 31.7 Å². The van der Waals surface area contributed by atoms with E-state index in [4.69, 9.17) is 4.74 Å². The topological polar surface area (TPSA) is 58.6 Å². The Morgan fingerprint density at radius 2 is 2.04 bits per heavy atom. The van der Waals surface area contributed by atoms with Crippen molar-refractivity contribution in [3.05, 3.63) is 59.7 Å². The quantitative estimate of drug-likeness (QED) is 0.880. The summed E-state index contributed by atoms with van der Waals surface area (Å²) in [6.07, 6.45) is 1.44.